The molecule has 39 heavy (non-hydrogen) atoms. The Bertz CT molecular complexity index is 1410. The third kappa shape index (κ3) is 6.31. The van der Waals surface area contributed by atoms with Crippen LogP contribution in [0, 0.1) is 0 Å². The highest BCUT2D eigenvalue weighted by atomic mass is 16.5. The molecule has 0 radical (unpaired) electrons. The van der Waals surface area contributed by atoms with E-state index in [9.17, 15) is 9.59 Å². The number of esters is 1. The van der Waals surface area contributed by atoms with Crippen molar-refractivity contribution < 1.29 is 14.3 Å². The lowest BCUT2D eigenvalue weighted by molar-refractivity contribution is -0.149. The molecule has 2 N–H and O–H groups in total. The van der Waals surface area contributed by atoms with Gasteiger partial charge >= 0.3 is 5.97 Å². The van der Waals surface area contributed by atoms with Crippen molar-refractivity contribution in [3.05, 3.63) is 107 Å². The molecule has 0 aliphatic rings. The second-order valence-corrected chi connectivity index (χ2v) is 12.4. The summed E-state index contributed by atoms with van der Waals surface area (Å²) in [7, 11) is 0. The standard InChI is InChI=1S/C34H40N2O3/c1-22(37)36-21-25(28-10-8-9-11-30(28)36)20-29(35)32(38)39-31(23-12-16-26(17-13-23)33(2,3)4)24-14-18-27(19-15-24)34(5,6)7/h8-19,21,29,31H,20,35H2,1-7H3/t29-/m0/s1. The second kappa shape index (κ2) is 10.8. The monoisotopic (exact) mass is 524 g/mol. The summed E-state index contributed by atoms with van der Waals surface area (Å²) in [5.41, 5.74) is 12.3. The van der Waals surface area contributed by atoms with Gasteiger partial charge in [0.15, 0.2) is 6.10 Å². The van der Waals surface area contributed by atoms with Gasteiger partial charge in [-0.1, -0.05) is 108 Å². The Morgan fingerprint density at radius 2 is 1.28 bits per heavy atom. The number of fused-ring (bicyclic) bond motifs is 1. The van der Waals surface area contributed by atoms with E-state index in [0.717, 1.165) is 27.6 Å². The highest BCUT2D eigenvalue weighted by Crippen LogP contribution is 2.32. The molecular weight excluding hydrogens is 484 g/mol. The lowest BCUT2D eigenvalue weighted by Gasteiger charge is -2.24. The van der Waals surface area contributed by atoms with E-state index in [1.54, 1.807) is 10.8 Å². The number of carbonyl (C=O) groups is 2. The van der Waals surface area contributed by atoms with Gasteiger partial charge in [-0.05, 0) is 44.7 Å². The van der Waals surface area contributed by atoms with Crippen LogP contribution in [0.5, 0.6) is 0 Å². The summed E-state index contributed by atoms with van der Waals surface area (Å²) in [4.78, 5) is 25.6. The third-order valence-electron chi connectivity index (χ3n) is 7.27. The first kappa shape index (κ1) is 28.3. The van der Waals surface area contributed by atoms with Crippen molar-refractivity contribution in [2.75, 3.05) is 0 Å². The Morgan fingerprint density at radius 1 is 0.795 bits per heavy atom. The molecule has 3 aromatic carbocycles. The molecule has 204 valence electrons. The van der Waals surface area contributed by atoms with Gasteiger partial charge in [-0.3, -0.25) is 14.2 Å². The molecule has 0 saturated carbocycles. The van der Waals surface area contributed by atoms with Crippen molar-refractivity contribution in [2.45, 2.75) is 77.9 Å². The summed E-state index contributed by atoms with van der Waals surface area (Å²) in [5.74, 6) is -0.578. The summed E-state index contributed by atoms with van der Waals surface area (Å²) in [6.07, 6.45) is 1.44. The van der Waals surface area contributed by atoms with Gasteiger partial charge in [0.2, 0.25) is 5.91 Å². The van der Waals surface area contributed by atoms with Gasteiger partial charge in [0, 0.05) is 24.9 Å². The van der Waals surface area contributed by atoms with E-state index in [1.807, 2.05) is 48.5 Å². The van der Waals surface area contributed by atoms with E-state index in [0.29, 0.717) is 0 Å². The molecule has 4 rings (SSSR count). The fourth-order valence-electron chi connectivity index (χ4n) is 4.84. The number of hydrogen-bond donors (Lipinski definition) is 1. The Morgan fingerprint density at radius 3 is 1.74 bits per heavy atom. The zero-order valence-electron chi connectivity index (χ0n) is 24.1. The van der Waals surface area contributed by atoms with Gasteiger partial charge in [0.05, 0.1) is 5.52 Å². The molecule has 0 bridgehead atoms. The zero-order valence-corrected chi connectivity index (χ0v) is 24.1. The van der Waals surface area contributed by atoms with E-state index >= 15 is 0 Å². The number of nitrogens with two attached hydrogens (primary N) is 1. The fraction of sp³-hybridized carbons (Fsp3) is 0.353. The van der Waals surface area contributed by atoms with Crippen molar-refractivity contribution in [3.63, 3.8) is 0 Å². The maximum atomic E-state index is 13.4. The number of rotatable bonds is 6. The molecule has 1 aromatic heterocycles. The molecule has 1 atom stereocenters. The highest BCUT2D eigenvalue weighted by Gasteiger charge is 2.26. The van der Waals surface area contributed by atoms with Gasteiger partial charge < -0.3 is 10.5 Å². The van der Waals surface area contributed by atoms with E-state index in [2.05, 4.69) is 65.8 Å². The lowest BCUT2D eigenvalue weighted by atomic mass is 9.85. The summed E-state index contributed by atoms with van der Waals surface area (Å²) in [6.45, 7) is 14.6. The van der Waals surface area contributed by atoms with Gasteiger partial charge in [0.25, 0.3) is 0 Å². The molecule has 0 spiro atoms. The molecule has 5 nitrogen and oxygen atoms in total. The molecule has 0 aliphatic heterocycles. The van der Waals surface area contributed by atoms with Gasteiger partial charge in [-0.15, -0.1) is 0 Å². The summed E-state index contributed by atoms with van der Waals surface area (Å²) in [6, 6.07) is 23.2. The van der Waals surface area contributed by atoms with Crippen molar-refractivity contribution >= 4 is 22.8 Å². The average Bonchev–Trinajstić information content (AvgIpc) is 3.25. The zero-order chi connectivity index (χ0) is 28.5. The first-order chi connectivity index (χ1) is 18.3. The Balaban J connectivity index is 1.63. The second-order valence-electron chi connectivity index (χ2n) is 12.4. The van der Waals surface area contributed by atoms with Crippen LogP contribution in [0.4, 0.5) is 0 Å². The molecule has 0 fully saturated rings. The molecule has 0 unspecified atom stereocenters. The van der Waals surface area contributed by atoms with Gasteiger partial charge in [-0.25, -0.2) is 0 Å². The van der Waals surface area contributed by atoms with Crippen LogP contribution in [0.15, 0.2) is 79.0 Å². The fourth-order valence-corrected chi connectivity index (χ4v) is 4.84. The van der Waals surface area contributed by atoms with Crippen LogP contribution in [-0.4, -0.2) is 22.5 Å². The number of hydrogen-bond acceptors (Lipinski definition) is 4. The number of para-hydroxylation sites is 1. The topological polar surface area (TPSA) is 74.3 Å². The predicted octanol–water partition coefficient (Wildman–Crippen LogP) is 7.10. The first-order valence-corrected chi connectivity index (χ1v) is 13.5. The smallest absolute Gasteiger partial charge is 0.324 e. The van der Waals surface area contributed by atoms with Crippen LogP contribution in [0.3, 0.4) is 0 Å². The average molecular weight is 525 g/mol. The van der Waals surface area contributed by atoms with Crippen molar-refractivity contribution in [3.8, 4) is 0 Å². The molecule has 4 aromatic rings. The van der Waals surface area contributed by atoms with E-state index < -0.39 is 18.1 Å². The molecule has 0 amide bonds. The lowest BCUT2D eigenvalue weighted by Crippen LogP contribution is -2.35. The van der Waals surface area contributed by atoms with Crippen LogP contribution >= 0.6 is 0 Å². The van der Waals surface area contributed by atoms with E-state index in [-0.39, 0.29) is 23.2 Å². The van der Waals surface area contributed by atoms with Crippen molar-refractivity contribution in [2.24, 2.45) is 5.73 Å². The summed E-state index contributed by atoms with van der Waals surface area (Å²) in [5, 5.41) is 0.906. The summed E-state index contributed by atoms with van der Waals surface area (Å²) >= 11 is 0. The molecule has 0 aliphatic carbocycles. The Labute approximate surface area is 232 Å². The van der Waals surface area contributed by atoms with Crippen LogP contribution in [0.2, 0.25) is 0 Å². The van der Waals surface area contributed by atoms with Crippen LogP contribution in [-0.2, 0) is 26.8 Å². The van der Waals surface area contributed by atoms with Crippen molar-refractivity contribution in [1.82, 2.24) is 4.57 Å². The molecular formula is C34H40N2O3. The molecule has 0 saturated heterocycles. The van der Waals surface area contributed by atoms with Gasteiger partial charge in [-0.2, -0.15) is 0 Å². The largest absolute Gasteiger partial charge is 0.451 e. The maximum absolute atomic E-state index is 13.4. The number of carbonyl (C=O) groups excluding carboxylic acids is 2. The predicted molar refractivity (Wildman–Crippen MR) is 158 cm³/mol. The van der Waals surface area contributed by atoms with Crippen LogP contribution in [0.25, 0.3) is 10.9 Å². The minimum Gasteiger partial charge on any atom is -0.451 e. The highest BCUT2D eigenvalue weighted by molar-refractivity contribution is 5.94. The minimum absolute atomic E-state index is 0.0144. The number of benzene rings is 3. The number of aromatic nitrogens is 1. The normalized spacial score (nSPS) is 13.1. The van der Waals surface area contributed by atoms with Crippen LogP contribution < -0.4 is 5.73 Å². The summed E-state index contributed by atoms with van der Waals surface area (Å²) < 4.78 is 7.73. The van der Waals surface area contributed by atoms with Gasteiger partial charge in [0.1, 0.15) is 6.04 Å². The van der Waals surface area contributed by atoms with E-state index in [4.69, 9.17) is 10.5 Å². The van der Waals surface area contributed by atoms with Crippen LogP contribution in [0.1, 0.15) is 87.2 Å². The minimum atomic E-state index is -0.888. The van der Waals surface area contributed by atoms with E-state index in [1.165, 1.54) is 18.1 Å². The molecule has 1 heterocycles. The number of ether oxygens (including phenoxy) is 1. The maximum Gasteiger partial charge on any atom is 0.324 e. The first-order valence-electron chi connectivity index (χ1n) is 13.5. The third-order valence-corrected chi connectivity index (χ3v) is 7.27. The quantitative estimate of drug-likeness (QED) is 0.273. The Hall–Kier alpha value is -3.70. The Kier molecular flexibility index (Phi) is 7.85. The number of nitrogens with zero attached hydrogens (tertiary/aromatic N) is 1. The van der Waals surface area contributed by atoms with Crippen molar-refractivity contribution in [1.29, 1.82) is 0 Å². The SMILES string of the molecule is CC(=O)n1cc(C[C@H](N)C(=O)OC(c2ccc(C(C)(C)C)cc2)c2ccc(C(C)(C)C)cc2)c2ccccc21. The molecule has 5 heteroatoms.